The molecule has 0 spiro atoms. The molecule has 0 amide bonds. The molecule has 1 rings (SSSR count). The largest absolute Gasteiger partial charge is 0.305 e. The first kappa shape index (κ1) is 8.72. The molecule has 2 nitrogen and oxygen atoms in total. The second-order valence-electron chi connectivity index (χ2n) is 3.81. The second-order valence-corrected chi connectivity index (χ2v) is 3.81. The summed E-state index contributed by atoms with van der Waals surface area (Å²) in [5.41, 5.74) is 0. The molecule has 0 radical (unpaired) electrons. The third-order valence-electron chi connectivity index (χ3n) is 1.92. The van der Waals surface area contributed by atoms with Crippen molar-refractivity contribution in [1.82, 2.24) is 5.32 Å². The molecule has 1 saturated carbocycles. The number of hydrogen-bond donors (Lipinski definition) is 1. The maximum atomic E-state index is 10.5. The molecule has 0 aliphatic heterocycles. The molecule has 1 aliphatic carbocycles. The highest BCUT2D eigenvalue weighted by atomic mass is 16.1. The predicted molar refractivity (Wildman–Crippen MR) is 45.5 cm³/mol. The van der Waals surface area contributed by atoms with Gasteiger partial charge in [-0.15, -0.1) is 0 Å². The standard InChI is InChI=1S/C9H17NO/c1-7(2)5-9(6-11)10-8-3-4-8/h6-10H,3-5H2,1-2H3. The number of aldehydes is 1. The van der Waals surface area contributed by atoms with Gasteiger partial charge in [0.2, 0.25) is 0 Å². The van der Waals surface area contributed by atoms with E-state index in [1.807, 2.05) is 0 Å². The maximum absolute atomic E-state index is 10.5. The summed E-state index contributed by atoms with van der Waals surface area (Å²) in [5.74, 6) is 0.608. The summed E-state index contributed by atoms with van der Waals surface area (Å²) in [4.78, 5) is 10.5. The van der Waals surface area contributed by atoms with E-state index < -0.39 is 0 Å². The zero-order valence-electron chi connectivity index (χ0n) is 7.34. The minimum atomic E-state index is 0.0995. The minimum Gasteiger partial charge on any atom is -0.305 e. The van der Waals surface area contributed by atoms with Gasteiger partial charge in [-0.1, -0.05) is 13.8 Å². The van der Waals surface area contributed by atoms with Crippen LogP contribution in [0.1, 0.15) is 33.1 Å². The third kappa shape index (κ3) is 3.51. The number of hydrogen-bond acceptors (Lipinski definition) is 2. The van der Waals surface area contributed by atoms with E-state index in [2.05, 4.69) is 19.2 Å². The fraction of sp³-hybridized carbons (Fsp3) is 0.889. The molecule has 1 N–H and O–H groups in total. The number of rotatable bonds is 5. The first-order chi connectivity index (χ1) is 5.22. The molecule has 1 aliphatic rings. The molecule has 1 unspecified atom stereocenters. The third-order valence-corrected chi connectivity index (χ3v) is 1.92. The van der Waals surface area contributed by atoms with E-state index in [1.54, 1.807) is 0 Å². The Morgan fingerprint density at radius 1 is 1.55 bits per heavy atom. The van der Waals surface area contributed by atoms with Crippen molar-refractivity contribution in [1.29, 1.82) is 0 Å². The lowest BCUT2D eigenvalue weighted by atomic mass is 10.1. The van der Waals surface area contributed by atoms with Gasteiger partial charge in [0, 0.05) is 6.04 Å². The quantitative estimate of drug-likeness (QED) is 0.607. The van der Waals surface area contributed by atoms with Crippen LogP contribution in [0, 0.1) is 5.92 Å². The fourth-order valence-corrected chi connectivity index (χ4v) is 1.22. The molecule has 0 aromatic rings. The van der Waals surface area contributed by atoms with Gasteiger partial charge in [0.05, 0.1) is 6.04 Å². The summed E-state index contributed by atoms with van der Waals surface area (Å²) in [5, 5.41) is 3.30. The Morgan fingerprint density at radius 3 is 2.55 bits per heavy atom. The zero-order valence-corrected chi connectivity index (χ0v) is 7.34. The van der Waals surface area contributed by atoms with Gasteiger partial charge < -0.3 is 10.1 Å². The molecular formula is C9H17NO. The van der Waals surface area contributed by atoms with Crippen molar-refractivity contribution in [3.63, 3.8) is 0 Å². The van der Waals surface area contributed by atoms with E-state index in [-0.39, 0.29) is 6.04 Å². The van der Waals surface area contributed by atoms with Crippen LogP contribution in [0.4, 0.5) is 0 Å². The molecule has 11 heavy (non-hydrogen) atoms. The van der Waals surface area contributed by atoms with Crippen LogP contribution in [0.15, 0.2) is 0 Å². The van der Waals surface area contributed by atoms with Crippen molar-refractivity contribution in [3.05, 3.63) is 0 Å². The second kappa shape index (κ2) is 3.86. The normalized spacial score (nSPS) is 20.3. The topological polar surface area (TPSA) is 29.1 Å². The molecular weight excluding hydrogens is 138 g/mol. The molecule has 0 aromatic heterocycles. The highest BCUT2D eigenvalue weighted by Gasteiger charge is 2.24. The number of carbonyl (C=O) groups is 1. The number of carbonyl (C=O) groups excluding carboxylic acids is 1. The molecule has 2 heteroatoms. The van der Waals surface area contributed by atoms with Crippen LogP contribution >= 0.6 is 0 Å². The lowest BCUT2D eigenvalue weighted by Gasteiger charge is -2.13. The molecule has 1 atom stereocenters. The summed E-state index contributed by atoms with van der Waals surface area (Å²) in [6.45, 7) is 4.29. The van der Waals surface area contributed by atoms with Gasteiger partial charge in [-0.3, -0.25) is 0 Å². The van der Waals surface area contributed by atoms with Crippen LogP contribution in [0.2, 0.25) is 0 Å². The van der Waals surface area contributed by atoms with Crippen molar-refractivity contribution in [2.24, 2.45) is 5.92 Å². The summed E-state index contributed by atoms with van der Waals surface area (Å²) < 4.78 is 0. The van der Waals surface area contributed by atoms with Crippen LogP contribution in [-0.4, -0.2) is 18.4 Å². The van der Waals surface area contributed by atoms with Crippen LogP contribution in [0.25, 0.3) is 0 Å². The van der Waals surface area contributed by atoms with Gasteiger partial charge in [-0.2, -0.15) is 0 Å². The molecule has 0 saturated heterocycles. The Balaban J connectivity index is 2.17. The van der Waals surface area contributed by atoms with Crippen LogP contribution in [0.5, 0.6) is 0 Å². The van der Waals surface area contributed by atoms with Crippen LogP contribution in [0.3, 0.4) is 0 Å². The molecule has 1 fully saturated rings. The van der Waals surface area contributed by atoms with Crippen molar-refractivity contribution < 1.29 is 4.79 Å². The first-order valence-corrected chi connectivity index (χ1v) is 4.43. The monoisotopic (exact) mass is 155 g/mol. The van der Waals surface area contributed by atoms with E-state index in [0.717, 1.165) is 12.7 Å². The summed E-state index contributed by atoms with van der Waals surface area (Å²) >= 11 is 0. The molecule has 0 aromatic carbocycles. The highest BCUT2D eigenvalue weighted by molar-refractivity contribution is 5.57. The fourth-order valence-electron chi connectivity index (χ4n) is 1.22. The van der Waals surface area contributed by atoms with E-state index in [9.17, 15) is 4.79 Å². The van der Waals surface area contributed by atoms with Crippen molar-refractivity contribution in [2.75, 3.05) is 0 Å². The Kier molecular flexibility index (Phi) is 3.06. The van der Waals surface area contributed by atoms with Crippen molar-refractivity contribution >= 4 is 6.29 Å². The summed E-state index contributed by atoms with van der Waals surface area (Å²) in [6.07, 6.45) is 4.52. The van der Waals surface area contributed by atoms with E-state index in [1.165, 1.54) is 12.8 Å². The lowest BCUT2D eigenvalue weighted by molar-refractivity contribution is -0.109. The Morgan fingerprint density at radius 2 is 2.18 bits per heavy atom. The van der Waals surface area contributed by atoms with E-state index in [4.69, 9.17) is 0 Å². The Hall–Kier alpha value is -0.370. The van der Waals surface area contributed by atoms with Crippen molar-refractivity contribution in [3.8, 4) is 0 Å². The average molecular weight is 155 g/mol. The Labute approximate surface area is 68.4 Å². The van der Waals surface area contributed by atoms with Gasteiger partial charge in [0.25, 0.3) is 0 Å². The average Bonchev–Trinajstić information content (AvgIpc) is 2.69. The van der Waals surface area contributed by atoms with Gasteiger partial charge >= 0.3 is 0 Å². The molecule has 0 heterocycles. The maximum Gasteiger partial charge on any atom is 0.136 e. The predicted octanol–water partition coefficient (Wildman–Crippen LogP) is 1.35. The SMILES string of the molecule is CC(C)CC(C=O)NC1CC1. The zero-order chi connectivity index (χ0) is 8.27. The van der Waals surface area contributed by atoms with Gasteiger partial charge in [0.15, 0.2) is 0 Å². The van der Waals surface area contributed by atoms with Crippen LogP contribution in [-0.2, 0) is 4.79 Å². The van der Waals surface area contributed by atoms with Crippen molar-refractivity contribution in [2.45, 2.75) is 45.2 Å². The first-order valence-electron chi connectivity index (χ1n) is 4.43. The van der Waals surface area contributed by atoms with E-state index >= 15 is 0 Å². The number of nitrogens with one attached hydrogen (secondary N) is 1. The van der Waals surface area contributed by atoms with Gasteiger partial charge in [-0.25, -0.2) is 0 Å². The molecule has 64 valence electrons. The minimum absolute atomic E-state index is 0.0995. The van der Waals surface area contributed by atoms with Gasteiger partial charge in [-0.05, 0) is 25.2 Å². The summed E-state index contributed by atoms with van der Waals surface area (Å²) in [6, 6.07) is 0.742. The van der Waals surface area contributed by atoms with Gasteiger partial charge in [0.1, 0.15) is 6.29 Å². The Bertz CT molecular complexity index is 126. The highest BCUT2D eigenvalue weighted by Crippen LogP contribution is 2.20. The smallest absolute Gasteiger partial charge is 0.136 e. The van der Waals surface area contributed by atoms with Crippen LogP contribution < -0.4 is 5.32 Å². The van der Waals surface area contributed by atoms with E-state index in [0.29, 0.717) is 12.0 Å². The lowest BCUT2D eigenvalue weighted by Crippen LogP contribution is -2.33. The summed E-state index contributed by atoms with van der Waals surface area (Å²) in [7, 11) is 0. The molecule has 0 bridgehead atoms.